The van der Waals surface area contributed by atoms with E-state index in [1.165, 1.54) is 44.3 Å². The highest BCUT2D eigenvalue weighted by Crippen LogP contribution is 2.10. The Hall–Kier alpha value is -3.09. The number of unbranched alkanes of at least 4 members (excludes halogenated alkanes) is 7. The molecule has 1 heterocycles. The van der Waals surface area contributed by atoms with Gasteiger partial charge in [-0.1, -0.05) is 38.5 Å². The molecule has 50 heavy (non-hydrogen) atoms. The topological polar surface area (TPSA) is 200 Å². The second-order valence-corrected chi connectivity index (χ2v) is 11.7. The van der Waals surface area contributed by atoms with E-state index in [1.54, 1.807) is 0 Å². The summed E-state index contributed by atoms with van der Waals surface area (Å²) >= 11 is 4.21. The number of nitrogens with one attached hydrogen (secondary N) is 4. The lowest BCUT2D eigenvalue weighted by molar-refractivity contribution is -0.137. The average Bonchev–Trinajstić information content (AvgIpc) is 3.42. The van der Waals surface area contributed by atoms with Crippen molar-refractivity contribution in [1.29, 1.82) is 0 Å². The Labute approximate surface area is 300 Å². The van der Waals surface area contributed by atoms with E-state index in [1.807, 2.05) is 0 Å². The summed E-state index contributed by atoms with van der Waals surface area (Å²) in [7, 11) is 0. The normalized spacial score (nSPS) is 12.4. The number of rotatable bonds is 34. The number of carbonyl (C=O) groups is 6. The molecule has 1 aliphatic heterocycles. The van der Waals surface area contributed by atoms with Crippen LogP contribution < -0.4 is 21.3 Å². The molecule has 4 N–H and O–H groups in total. The molecule has 0 saturated heterocycles. The maximum absolute atomic E-state index is 11.9. The first-order valence-electron chi connectivity index (χ1n) is 17.4. The zero-order valence-electron chi connectivity index (χ0n) is 29.2. The summed E-state index contributed by atoms with van der Waals surface area (Å²) in [6.45, 7) is 2.57. The highest BCUT2D eigenvalue weighted by Gasteiger charge is 2.23. The Bertz CT molecular complexity index is 1000. The van der Waals surface area contributed by atoms with Gasteiger partial charge in [-0.2, -0.15) is 12.6 Å². The molecule has 0 aromatic carbocycles. The molecule has 17 heteroatoms. The molecule has 0 spiro atoms. The lowest BCUT2D eigenvalue weighted by Gasteiger charge is -2.13. The van der Waals surface area contributed by atoms with Crippen molar-refractivity contribution in [3.8, 4) is 0 Å². The number of amides is 6. The van der Waals surface area contributed by atoms with Crippen LogP contribution in [0.25, 0.3) is 0 Å². The van der Waals surface area contributed by atoms with Crippen molar-refractivity contribution in [3.05, 3.63) is 12.2 Å². The van der Waals surface area contributed by atoms with Crippen molar-refractivity contribution >= 4 is 48.1 Å². The molecule has 0 saturated carbocycles. The van der Waals surface area contributed by atoms with Gasteiger partial charge in [-0.3, -0.25) is 33.7 Å². The Morgan fingerprint density at radius 3 is 1.50 bits per heavy atom. The van der Waals surface area contributed by atoms with Crippen molar-refractivity contribution in [3.63, 3.8) is 0 Å². The number of imide groups is 1. The molecule has 0 aromatic rings. The van der Waals surface area contributed by atoms with Gasteiger partial charge in [0, 0.05) is 44.6 Å². The number of carbonyl (C=O) groups excluding carboxylic acids is 6. The smallest absolute Gasteiger partial charge is 0.253 e. The summed E-state index contributed by atoms with van der Waals surface area (Å²) in [5, 5.41) is 10.6. The first-order valence-corrected chi connectivity index (χ1v) is 18.1. The predicted octanol–water partition coefficient (Wildman–Crippen LogP) is 0.248. The minimum Gasteiger partial charge on any atom is -0.377 e. The van der Waals surface area contributed by atoms with Gasteiger partial charge in [0.1, 0.15) is 13.2 Å². The Morgan fingerprint density at radius 1 is 0.520 bits per heavy atom. The standard InChI is InChI=1S/C33H57N5O11S/c39-28(9-7-5-3-1-2-4-6-8-24-50)36-27-37-31(42)26-49-23-21-47-20-22-48-25-30(41)35-14-17-46-19-18-45-16-13-34-29(40)12-15-38-32(43)10-11-33(38)44/h10-11,50H,1-9,12-27H2,(H,34,40)(H,35,41)(H,36,39)(H,37,42). The van der Waals surface area contributed by atoms with Crippen molar-refractivity contribution in [1.82, 2.24) is 26.2 Å². The lowest BCUT2D eigenvalue weighted by atomic mass is 10.1. The molecule has 0 atom stereocenters. The minimum atomic E-state index is -0.418. The third kappa shape index (κ3) is 26.7. The minimum absolute atomic E-state index is 0.0224. The summed E-state index contributed by atoms with van der Waals surface area (Å²) in [6, 6.07) is 0. The van der Waals surface area contributed by atoms with Gasteiger partial charge in [0.2, 0.25) is 23.6 Å². The van der Waals surface area contributed by atoms with Crippen LogP contribution in [-0.2, 0) is 52.5 Å². The highest BCUT2D eigenvalue weighted by molar-refractivity contribution is 7.80. The molecule has 0 aliphatic carbocycles. The molecular formula is C33H57N5O11S. The number of nitrogens with zero attached hydrogens (tertiary/aromatic N) is 1. The molecule has 286 valence electrons. The summed E-state index contributed by atoms with van der Waals surface area (Å²) in [4.78, 5) is 71.2. The molecule has 0 bridgehead atoms. The molecule has 0 unspecified atom stereocenters. The zero-order chi connectivity index (χ0) is 36.5. The van der Waals surface area contributed by atoms with E-state index in [4.69, 9.17) is 23.7 Å². The first kappa shape index (κ1) is 44.9. The number of hydrogen-bond donors (Lipinski definition) is 5. The Morgan fingerprint density at radius 2 is 0.940 bits per heavy atom. The Balaban J connectivity index is 1.78. The van der Waals surface area contributed by atoms with Crippen LogP contribution in [-0.4, -0.2) is 138 Å². The SMILES string of the molecule is O=C(CCN1C(=O)C=CC1=O)NCCOCCOCCNC(=O)COCCOCCOCC(=O)NCNC(=O)CCCCCCCCCCS. The van der Waals surface area contributed by atoms with Gasteiger partial charge < -0.3 is 45.0 Å². The maximum atomic E-state index is 11.9. The van der Waals surface area contributed by atoms with Gasteiger partial charge in [0.25, 0.3) is 11.8 Å². The van der Waals surface area contributed by atoms with Crippen LogP contribution in [0, 0.1) is 0 Å². The fraction of sp³-hybridized carbons (Fsp3) is 0.758. The maximum Gasteiger partial charge on any atom is 0.253 e. The summed E-state index contributed by atoms with van der Waals surface area (Å²) in [5.41, 5.74) is 0. The van der Waals surface area contributed by atoms with Crippen molar-refractivity contribution in [2.45, 2.75) is 64.2 Å². The van der Waals surface area contributed by atoms with Crippen LogP contribution in [0.5, 0.6) is 0 Å². The van der Waals surface area contributed by atoms with E-state index in [9.17, 15) is 28.8 Å². The van der Waals surface area contributed by atoms with E-state index < -0.39 is 11.8 Å². The van der Waals surface area contributed by atoms with Gasteiger partial charge in [0.05, 0.1) is 59.5 Å². The van der Waals surface area contributed by atoms with Crippen LogP contribution in [0.15, 0.2) is 12.2 Å². The molecule has 1 rings (SSSR count). The molecule has 6 amide bonds. The fourth-order valence-electron chi connectivity index (χ4n) is 4.36. The van der Waals surface area contributed by atoms with Gasteiger partial charge in [-0.15, -0.1) is 0 Å². The van der Waals surface area contributed by atoms with Crippen LogP contribution >= 0.6 is 12.6 Å². The zero-order valence-corrected chi connectivity index (χ0v) is 30.1. The summed E-state index contributed by atoms with van der Waals surface area (Å²) < 4.78 is 26.6. The number of ether oxygens (including phenoxy) is 5. The molecule has 0 aromatic heterocycles. The lowest BCUT2D eigenvalue weighted by Crippen LogP contribution is -2.38. The quantitative estimate of drug-likeness (QED) is 0.0263. The van der Waals surface area contributed by atoms with Gasteiger partial charge in [-0.05, 0) is 18.6 Å². The number of thiol groups is 1. The third-order valence-corrected chi connectivity index (χ3v) is 7.38. The van der Waals surface area contributed by atoms with E-state index in [0.29, 0.717) is 32.8 Å². The van der Waals surface area contributed by atoms with Crippen LogP contribution in [0.3, 0.4) is 0 Å². The highest BCUT2D eigenvalue weighted by atomic mass is 32.1. The van der Waals surface area contributed by atoms with Crippen LogP contribution in [0.4, 0.5) is 0 Å². The fourth-order valence-corrected chi connectivity index (χ4v) is 4.58. The molecular weight excluding hydrogens is 674 g/mol. The second kappa shape index (κ2) is 31.9. The van der Waals surface area contributed by atoms with Crippen molar-refractivity contribution < 1.29 is 52.5 Å². The molecule has 1 aliphatic rings. The van der Waals surface area contributed by atoms with Gasteiger partial charge in [-0.25, -0.2) is 0 Å². The number of hydrogen-bond acceptors (Lipinski definition) is 12. The second-order valence-electron chi connectivity index (χ2n) is 11.2. The van der Waals surface area contributed by atoms with E-state index in [-0.39, 0.29) is 96.1 Å². The third-order valence-electron chi connectivity index (χ3n) is 7.07. The Kier molecular flexibility index (Phi) is 28.6. The summed E-state index contributed by atoms with van der Waals surface area (Å²) in [6.07, 6.45) is 11.9. The average molecular weight is 732 g/mol. The monoisotopic (exact) mass is 731 g/mol. The first-order chi connectivity index (χ1) is 24.3. The predicted molar refractivity (Wildman–Crippen MR) is 187 cm³/mol. The molecule has 0 radical (unpaired) electrons. The van der Waals surface area contributed by atoms with E-state index >= 15 is 0 Å². The van der Waals surface area contributed by atoms with Gasteiger partial charge >= 0.3 is 0 Å². The van der Waals surface area contributed by atoms with E-state index in [0.717, 1.165) is 29.9 Å². The van der Waals surface area contributed by atoms with Crippen molar-refractivity contribution in [2.75, 3.05) is 98.1 Å². The van der Waals surface area contributed by atoms with Crippen LogP contribution in [0.1, 0.15) is 64.2 Å². The van der Waals surface area contributed by atoms with E-state index in [2.05, 4.69) is 33.9 Å². The van der Waals surface area contributed by atoms with Gasteiger partial charge in [0.15, 0.2) is 0 Å². The largest absolute Gasteiger partial charge is 0.377 e. The molecule has 0 fully saturated rings. The summed E-state index contributed by atoms with van der Waals surface area (Å²) in [5.74, 6) is -0.872. The van der Waals surface area contributed by atoms with Crippen molar-refractivity contribution in [2.24, 2.45) is 0 Å². The molecule has 16 nitrogen and oxygen atoms in total. The van der Waals surface area contributed by atoms with Crippen LogP contribution in [0.2, 0.25) is 0 Å².